The fourth-order valence-corrected chi connectivity index (χ4v) is 2.08. The van der Waals surface area contributed by atoms with E-state index in [0.29, 0.717) is 10.6 Å². The Kier molecular flexibility index (Phi) is 2.61. The Bertz CT molecular complexity index is 467. The number of carbonyl (C=O) groups excluding carboxylic acids is 1. The molecule has 1 heterocycles. The monoisotopic (exact) mass is 223 g/mol. The number of halogens is 1. The Labute approximate surface area is 90.3 Å². The highest BCUT2D eigenvalue weighted by Crippen LogP contribution is 2.28. The first-order chi connectivity index (χ1) is 6.81. The van der Waals surface area contributed by atoms with Crippen molar-refractivity contribution in [2.75, 3.05) is 0 Å². The van der Waals surface area contributed by atoms with Crippen molar-refractivity contribution in [3.8, 4) is 10.4 Å². The summed E-state index contributed by atoms with van der Waals surface area (Å²) in [6, 6.07) is 7.38. The summed E-state index contributed by atoms with van der Waals surface area (Å²) in [4.78, 5) is 11.5. The van der Waals surface area contributed by atoms with Crippen molar-refractivity contribution < 1.29 is 4.79 Å². The van der Waals surface area contributed by atoms with Crippen LogP contribution in [0.5, 0.6) is 0 Å². The Hall–Kier alpha value is -1.19. The second-order valence-electron chi connectivity index (χ2n) is 2.74. The van der Waals surface area contributed by atoms with E-state index in [2.05, 4.69) is 4.37 Å². The van der Waals surface area contributed by atoms with Crippen LogP contribution in [-0.4, -0.2) is 10.7 Å². The first-order valence-corrected chi connectivity index (χ1v) is 5.12. The molecule has 0 radical (unpaired) electrons. The van der Waals surface area contributed by atoms with E-state index < -0.39 is 0 Å². The van der Waals surface area contributed by atoms with Gasteiger partial charge in [-0.3, -0.25) is 4.79 Å². The van der Waals surface area contributed by atoms with Crippen molar-refractivity contribution in [2.45, 2.75) is 0 Å². The lowest BCUT2D eigenvalue weighted by Gasteiger charge is -1.97. The number of aldehydes is 1. The van der Waals surface area contributed by atoms with Gasteiger partial charge in [0.25, 0.3) is 0 Å². The second kappa shape index (κ2) is 3.90. The summed E-state index contributed by atoms with van der Waals surface area (Å²) in [5, 5.41) is 0.660. The van der Waals surface area contributed by atoms with Crippen molar-refractivity contribution in [1.29, 1.82) is 0 Å². The molecule has 0 amide bonds. The third-order valence-corrected chi connectivity index (χ3v) is 2.91. The van der Waals surface area contributed by atoms with Crippen LogP contribution in [0, 0.1) is 0 Å². The minimum absolute atomic E-state index is 0.609. The maximum Gasteiger partial charge on any atom is 0.153 e. The predicted octanol–water partition coefficient (Wildman–Crippen LogP) is 3.28. The van der Waals surface area contributed by atoms with E-state index in [9.17, 15) is 4.79 Å². The molecule has 2 aromatic rings. The van der Waals surface area contributed by atoms with Gasteiger partial charge < -0.3 is 0 Å². The number of nitrogens with zero attached hydrogens (tertiary/aromatic N) is 1. The molecule has 0 saturated carbocycles. The molecule has 0 saturated heterocycles. The Morgan fingerprint density at radius 1 is 1.43 bits per heavy atom. The molecular weight excluding hydrogens is 218 g/mol. The molecule has 0 fully saturated rings. The highest BCUT2D eigenvalue weighted by atomic mass is 35.5. The van der Waals surface area contributed by atoms with Gasteiger partial charge in [0, 0.05) is 5.02 Å². The molecule has 0 aliphatic rings. The van der Waals surface area contributed by atoms with Crippen LogP contribution in [0.4, 0.5) is 0 Å². The lowest BCUT2D eigenvalue weighted by Crippen LogP contribution is -1.79. The molecule has 2 nitrogen and oxygen atoms in total. The van der Waals surface area contributed by atoms with E-state index in [-0.39, 0.29) is 0 Å². The lowest BCUT2D eigenvalue weighted by atomic mass is 10.1. The molecule has 0 spiro atoms. The van der Waals surface area contributed by atoms with E-state index in [1.807, 2.05) is 18.2 Å². The summed E-state index contributed by atoms with van der Waals surface area (Å²) in [5.41, 5.74) is 1.54. The van der Waals surface area contributed by atoms with Gasteiger partial charge in [0.2, 0.25) is 0 Å². The summed E-state index contributed by atoms with van der Waals surface area (Å²) < 4.78 is 3.97. The van der Waals surface area contributed by atoms with Crippen LogP contribution in [0.3, 0.4) is 0 Å². The molecule has 70 valence electrons. The van der Waals surface area contributed by atoms with Gasteiger partial charge in [-0.15, -0.1) is 0 Å². The predicted molar refractivity (Wildman–Crippen MR) is 57.9 cm³/mol. The zero-order chi connectivity index (χ0) is 9.97. The summed E-state index contributed by atoms with van der Waals surface area (Å²) in [6.07, 6.45) is 2.37. The average Bonchev–Trinajstić information content (AvgIpc) is 2.65. The highest BCUT2D eigenvalue weighted by molar-refractivity contribution is 7.10. The van der Waals surface area contributed by atoms with Gasteiger partial charge in [-0.05, 0) is 29.2 Å². The molecular formula is C10H6ClNOS. The third-order valence-electron chi connectivity index (χ3n) is 1.81. The lowest BCUT2D eigenvalue weighted by molar-refractivity contribution is 0.112. The summed E-state index contributed by atoms with van der Waals surface area (Å²) in [5.74, 6) is 0. The minimum Gasteiger partial charge on any atom is -0.298 e. The number of hydrogen-bond acceptors (Lipinski definition) is 3. The number of hydrogen-bond donors (Lipinski definition) is 0. The zero-order valence-corrected chi connectivity index (χ0v) is 8.68. The van der Waals surface area contributed by atoms with Crippen LogP contribution in [-0.2, 0) is 0 Å². The van der Waals surface area contributed by atoms with Gasteiger partial charge in [-0.25, -0.2) is 0 Å². The third kappa shape index (κ3) is 1.69. The van der Waals surface area contributed by atoms with Gasteiger partial charge >= 0.3 is 0 Å². The largest absolute Gasteiger partial charge is 0.298 e. The smallest absolute Gasteiger partial charge is 0.153 e. The van der Waals surface area contributed by atoms with Gasteiger partial charge in [-0.2, -0.15) is 4.37 Å². The Balaban J connectivity index is 2.54. The van der Waals surface area contributed by atoms with Crippen molar-refractivity contribution in [2.24, 2.45) is 0 Å². The average molecular weight is 224 g/mol. The van der Waals surface area contributed by atoms with Crippen LogP contribution < -0.4 is 0 Å². The molecule has 0 atom stereocenters. The van der Waals surface area contributed by atoms with Crippen LogP contribution in [0.1, 0.15) is 10.4 Å². The van der Waals surface area contributed by atoms with E-state index in [4.69, 9.17) is 11.6 Å². The summed E-state index contributed by atoms with van der Waals surface area (Å²) in [7, 11) is 0. The molecule has 14 heavy (non-hydrogen) atoms. The van der Waals surface area contributed by atoms with Crippen LogP contribution in [0.2, 0.25) is 5.02 Å². The topological polar surface area (TPSA) is 30.0 Å². The number of rotatable bonds is 2. The van der Waals surface area contributed by atoms with E-state index in [0.717, 1.165) is 16.7 Å². The van der Waals surface area contributed by atoms with Crippen LogP contribution >= 0.6 is 23.1 Å². The van der Waals surface area contributed by atoms with E-state index >= 15 is 0 Å². The first kappa shape index (κ1) is 9.37. The summed E-state index contributed by atoms with van der Waals surface area (Å²) in [6.45, 7) is 0. The first-order valence-electron chi connectivity index (χ1n) is 3.97. The number of aromatic nitrogens is 1. The molecule has 0 aliphatic heterocycles. The Morgan fingerprint density at radius 3 is 3.00 bits per heavy atom. The zero-order valence-electron chi connectivity index (χ0n) is 7.11. The van der Waals surface area contributed by atoms with Crippen molar-refractivity contribution in [1.82, 2.24) is 4.37 Å². The van der Waals surface area contributed by atoms with Gasteiger partial charge in [0.15, 0.2) is 6.29 Å². The maximum atomic E-state index is 10.7. The molecule has 1 aromatic heterocycles. The molecule has 0 bridgehead atoms. The minimum atomic E-state index is 0.609. The van der Waals surface area contributed by atoms with Crippen LogP contribution in [0.25, 0.3) is 10.4 Å². The van der Waals surface area contributed by atoms with E-state index in [1.54, 1.807) is 12.3 Å². The van der Waals surface area contributed by atoms with E-state index in [1.165, 1.54) is 11.5 Å². The molecule has 0 N–H and O–H groups in total. The quantitative estimate of drug-likeness (QED) is 0.732. The van der Waals surface area contributed by atoms with Crippen LogP contribution in [0.15, 0.2) is 30.5 Å². The van der Waals surface area contributed by atoms with Gasteiger partial charge in [-0.1, -0.05) is 23.7 Å². The number of carbonyl (C=O) groups is 1. The normalized spacial score (nSPS) is 10.1. The SMILES string of the molecule is O=Cc1cnsc1-c1cccc(Cl)c1. The van der Waals surface area contributed by atoms with Crippen molar-refractivity contribution in [3.05, 3.63) is 41.0 Å². The second-order valence-corrected chi connectivity index (χ2v) is 3.98. The molecule has 0 unspecified atom stereocenters. The van der Waals surface area contributed by atoms with Gasteiger partial charge in [0.1, 0.15) is 0 Å². The van der Waals surface area contributed by atoms with Crippen molar-refractivity contribution >= 4 is 29.4 Å². The molecule has 2 rings (SSSR count). The Morgan fingerprint density at radius 2 is 2.29 bits per heavy atom. The standard InChI is InChI=1S/C10H6ClNOS/c11-9-3-1-2-7(4-9)10-8(6-13)5-12-14-10/h1-6H. The van der Waals surface area contributed by atoms with Gasteiger partial charge in [0.05, 0.1) is 16.6 Å². The van der Waals surface area contributed by atoms with Crippen molar-refractivity contribution in [3.63, 3.8) is 0 Å². The molecule has 1 aromatic carbocycles. The highest BCUT2D eigenvalue weighted by Gasteiger charge is 2.07. The fraction of sp³-hybridized carbons (Fsp3) is 0. The fourth-order valence-electron chi connectivity index (χ4n) is 1.18. The maximum absolute atomic E-state index is 10.7. The molecule has 4 heteroatoms. The number of benzene rings is 1. The molecule has 0 aliphatic carbocycles. The summed E-state index contributed by atoms with van der Waals surface area (Å²) >= 11 is 7.15.